The highest BCUT2D eigenvalue weighted by Crippen LogP contribution is 2.89. The highest BCUT2D eigenvalue weighted by Gasteiger charge is 3.22. The Bertz CT molecular complexity index is 512. The zero-order valence-corrected chi connectivity index (χ0v) is 11.8. The molecule has 0 aromatic rings. The Hall–Kier alpha value is -0.760. The summed E-state index contributed by atoms with van der Waals surface area (Å²) in [5, 5.41) is 0. The van der Waals surface area contributed by atoms with Gasteiger partial charge in [0.25, 0.3) is 0 Å². The third kappa shape index (κ3) is 1.000. The van der Waals surface area contributed by atoms with Crippen LogP contribution in [0.25, 0.3) is 0 Å². The van der Waals surface area contributed by atoms with Crippen LogP contribution in [0.2, 0.25) is 0 Å². The van der Waals surface area contributed by atoms with E-state index < -0.39 is 57.4 Å². The maximum atomic E-state index is 14.2. The summed E-state index contributed by atoms with van der Waals surface area (Å²) < 4.78 is 208. The van der Waals surface area contributed by atoms with Crippen LogP contribution in [0.1, 0.15) is 0 Å². The van der Waals surface area contributed by atoms with Crippen molar-refractivity contribution >= 4 is 11.6 Å². The molecule has 0 unspecified atom stereocenters. The zero-order chi connectivity index (χ0) is 21.0. The van der Waals surface area contributed by atoms with Crippen LogP contribution < -0.4 is 0 Å². The largest absolute Gasteiger partial charge is 0.339 e. The molecule has 4 saturated carbocycles. The lowest BCUT2D eigenvalue weighted by atomic mass is 9.41. The van der Waals surface area contributed by atoms with Crippen molar-refractivity contribution in [3.63, 3.8) is 0 Å². The Labute approximate surface area is 136 Å². The highest BCUT2D eigenvalue weighted by atomic mass is 35.5. The van der Waals surface area contributed by atoms with Gasteiger partial charge in [-0.3, -0.25) is 0 Å². The molecule has 0 aliphatic heterocycles. The van der Waals surface area contributed by atoms with Crippen LogP contribution in [0.3, 0.4) is 0 Å². The van der Waals surface area contributed by atoms with E-state index in [0.29, 0.717) is 0 Å². The van der Waals surface area contributed by atoms with Gasteiger partial charge in [0.15, 0.2) is 0 Å². The quantitative estimate of drug-likeness (QED) is 0.370. The number of hydrogen-bond acceptors (Lipinski definition) is 0. The van der Waals surface area contributed by atoms with E-state index in [1.165, 1.54) is 0 Å². The van der Waals surface area contributed by atoms with Gasteiger partial charge < -0.3 is 0 Å². The molecule has 0 amide bonds. The first-order valence-electron chi connectivity index (χ1n) is 6.02. The van der Waals surface area contributed by atoms with E-state index in [-0.39, 0.29) is 0 Å². The van der Waals surface area contributed by atoms with Crippen molar-refractivity contribution in [2.45, 2.75) is 57.4 Å². The standard InChI is InChI=1S/C10ClF15/c11-1-5(15,16)2(12)8(21,22)3(13,6(1,17)18)10(25,26)4(14,7(1,19)20)9(2,23)24. The van der Waals surface area contributed by atoms with Crippen molar-refractivity contribution in [1.82, 2.24) is 0 Å². The van der Waals surface area contributed by atoms with Crippen molar-refractivity contribution in [2.75, 3.05) is 0 Å². The second kappa shape index (κ2) is 3.73. The summed E-state index contributed by atoms with van der Waals surface area (Å²) in [6.07, 6.45) is 0. The van der Waals surface area contributed by atoms with Gasteiger partial charge >= 0.3 is 52.5 Å². The van der Waals surface area contributed by atoms with Gasteiger partial charge in [0, 0.05) is 0 Å². The van der Waals surface area contributed by atoms with Gasteiger partial charge in [-0.15, -0.1) is 0 Å². The highest BCUT2D eigenvalue weighted by molar-refractivity contribution is 6.27. The van der Waals surface area contributed by atoms with E-state index in [2.05, 4.69) is 11.6 Å². The Kier molecular flexibility index (Phi) is 2.87. The van der Waals surface area contributed by atoms with Crippen molar-refractivity contribution in [3.05, 3.63) is 0 Å². The van der Waals surface area contributed by atoms with Gasteiger partial charge in [0.2, 0.25) is 4.87 Å². The Morgan fingerprint density at radius 3 is 0.615 bits per heavy atom. The molecule has 4 bridgehead atoms. The first kappa shape index (κ1) is 20.0. The molecule has 0 heterocycles. The first-order chi connectivity index (χ1) is 11.0. The molecule has 0 aromatic carbocycles. The predicted octanol–water partition coefficient (Wildman–Crippen LogP) is 4.94. The number of rotatable bonds is 0. The summed E-state index contributed by atoms with van der Waals surface area (Å²) in [6.45, 7) is 0. The second-order valence-electron chi connectivity index (χ2n) is 6.08. The average molecular weight is 441 g/mol. The molecule has 0 aromatic heterocycles. The molecule has 16 heteroatoms. The van der Waals surface area contributed by atoms with Crippen LogP contribution in [0.15, 0.2) is 0 Å². The van der Waals surface area contributed by atoms with E-state index in [1.54, 1.807) is 0 Å². The van der Waals surface area contributed by atoms with Gasteiger partial charge in [-0.25, -0.2) is 39.5 Å². The van der Waals surface area contributed by atoms with Crippen LogP contribution in [0.5, 0.6) is 0 Å². The lowest BCUT2D eigenvalue weighted by molar-refractivity contribution is -0.581. The summed E-state index contributed by atoms with van der Waals surface area (Å²) in [7, 11) is 0. The molecule has 0 nitrogen and oxygen atoms in total. The minimum atomic E-state index is -7.76. The monoisotopic (exact) mass is 440 g/mol. The minimum absolute atomic E-state index is 4.09. The predicted molar refractivity (Wildman–Crippen MR) is 49.8 cm³/mol. The lowest BCUT2D eigenvalue weighted by Crippen LogP contribution is -3.08. The van der Waals surface area contributed by atoms with Crippen LogP contribution in [-0.4, -0.2) is 57.4 Å². The summed E-state index contributed by atoms with van der Waals surface area (Å²) in [5.74, 6) is -45.7. The molecule has 4 fully saturated rings. The first-order valence-corrected chi connectivity index (χ1v) is 6.40. The minimum Gasteiger partial charge on any atom is -0.223 e. The normalized spacial score (nSPS) is 53.5. The summed E-state index contributed by atoms with van der Waals surface area (Å²) >= 11 is 4.09. The Balaban J connectivity index is 2.71. The van der Waals surface area contributed by atoms with Crippen molar-refractivity contribution in [2.24, 2.45) is 0 Å². The van der Waals surface area contributed by atoms with Gasteiger partial charge in [-0.2, -0.15) is 26.3 Å². The Morgan fingerprint density at radius 2 is 0.462 bits per heavy atom. The molecular formula is C10ClF15. The van der Waals surface area contributed by atoms with Gasteiger partial charge in [0.05, 0.1) is 0 Å². The van der Waals surface area contributed by atoms with Crippen LogP contribution in [0, 0.1) is 0 Å². The van der Waals surface area contributed by atoms with E-state index in [4.69, 9.17) is 0 Å². The number of hydrogen-bond donors (Lipinski definition) is 0. The topological polar surface area (TPSA) is 0 Å². The van der Waals surface area contributed by atoms with Crippen molar-refractivity contribution in [3.8, 4) is 0 Å². The number of alkyl halides is 16. The number of halogens is 16. The molecule has 4 rings (SSSR count). The maximum Gasteiger partial charge on any atom is 0.339 e. The summed E-state index contributed by atoms with van der Waals surface area (Å²) in [5.41, 5.74) is -22.7. The molecule has 152 valence electrons. The van der Waals surface area contributed by atoms with Gasteiger partial charge in [-0.1, -0.05) is 11.6 Å². The Morgan fingerprint density at radius 1 is 0.308 bits per heavy atom. The molecule has 0 N–H and O–H groups in total. The third-order valence-electron chi connectivity index (χ3n) is 5.19. The smallest absolute Gasteiger partial charge is 0.223 e. The lowest BCUT2D eigenvalue weighted by Gasteiger charge is -2.73. The zero-order valence-electron chi connectivity index (χ0n) is 11.0. The van der Waals surface area contributed by atoms with Crippen LogP contribution in [-0.2, 0) is 0 Å². The molecule has 0 spiro atoms. The molecular weight excluding hydrogens is 441 g/mol. The molecule has 4 aliphatic rings. The fourth-order valence-corrected chi connectivity index (χ4v) is 4.18. The van der Waals surface area contributed by atoms with Crippen molar-refractivity contribution < 1.29 is 65.9 Å². The van der Waals surface area contributed by atoms with Crippen LogP contribution in [0.4, 0.5) is 65.9 Å². The van der Waals surface area contributed by atoms with E-state index in [0.717, 1.165) is 0 Å². The van der Waals surface area contributed by atoms with Crippen LogP contribution >= 0.6 is 11.6 Å². The molecule has 0 radical (unpaired) electrons. The third-order valence-corrected chi connectivity index (χ3v) is 5.90. The average Bonchev–Trinajstić information content (AvgIpc) is 2.46. The fourth-order valence-electron chi connectivity index (χ4n) is 3.79. The maximum absolute atomic E-state index is 14.2. The summed E-state index contributed by atoms with van der Waals surface area (Å²) in [6, 6.07) is 0. The molecule has 0 saturated heterocycles. The summed E-state index contributed by atoms with van der Waals surface area (Å²) in [4.78, 5) is -6.85. The molecule has 26 heavy (non-hydrogen) atoms. The SMILES string of the molecule is FC1(F)C2(F)C(F)(F)C3(F)C(F)(F)C1(F)C(F)(F)C(Cl)(C2(F)F)C3(F)F. The molecule has 4 aliphatic carbocycles. The molecule has 0 atom stereocenters. The van der Waals surface area contributed by atoms with Gasteiger partial charge in [0.1, 0.15) is 0 Å². The second-order valence-corrected chi connectivity index (χ2v) is 6.65. The fraction of sp³-hybridized carbons (Fsp3) is 1.00. The van der Waals surface area contributed by atoms with Crippen molar-refractivity contribution in [1.29, 1.82) is 0 Å². The van der Waals surface area contributed by atoms with E-state index >= 15 is 0 Å². The van der Waals surface area contributed by atoms with E-state index in [9.17, 15) is 65.9 Å². The van der Waals surface area contributed by atoms with E-state index in [1.807, 2.05) is 0 Å². The van der Waals surface area contributed by atoms with Gasteiger partial charge in [-0.05, 0) is 0 Å².